The van der Waals surface area contributed by atoms with Crippen LogP contribution >= 0.6 is 11.6 Å². The Morgan fingerprint density at radius 1 is 1.71 bits per heavy atom. The summed E-state index contributed by atoms with van der Waals surface area (Å²) in [5, 5.41) is 12.2. The normalized spacial score (nSPS) is 13.8. The van der Waals surface area contributed by atoms with Crippen LogP contribution in [0.5, 0.6) is 0 Å². The van der Waals surface area contributed by atoms with Gasteiger partial charge in [0, 0.05) is 35.0 Å². The molecule has 1 heterocycles. The Morgan fingerprint density at radius 3 is 2.94 bits per heavy atom. The third kappa shape index (κ3) is 4.72. The second-order valence-electron chi connectivity index (χ2n) is 3.78. The molecule has 2 atom stereocenters. The molecule has 0 saturated heterocycles. The quantitative estimate of drug-likeness (QED) is 0.891. The highest BCUT2D eigenvalue weighted by molar-refractivity contribution is 7.84. The second-order valence-corrected chi connectivity index (χ2v) is 5.74. The van der Waals surface area contributed by atoms with Crippen molar-refractivity contribution in [1.29, 1.82) is 5.26 Å². The van der Waals surface area contributed by atoms with E-state index in [0.717, 1.165) is 6.42 Å². The van der Waals surface area contributed by atoms with E-state index in [1.807, 2.05) is 13.0 Å². The molecule has 92 valence electrons. The van der Waals surface area contributed by atoms with Gasteiger partial charge in [0.15, 0.2) is 0 Å². The SMILES string of the molecule is C[C@@H](CC[S@](C)=O)Nc1ncc(C#N)cc1Cl. The topological polar surface area (TPSA) is 65.8 Å². The van der Waals surface area contributed by atoms with Crippen LogP contribution in [0.2, 0.25) is 5.02 Å². The molecule has 1 rings (SSSR count). The molecule has 1 aromatic rings. The third-order valence-electron chi connectivity index (χ3n) is 2.19. The minimum Gasteiger partial charge on any atom is -0.366 e. The minimum atomic E-state index is -0.791. The Hall–Kier alpha value is -1.12. The molecule has 0 aromatic carbocycles. The van der Waals surface area contributed by atoms with Gasteiger partial charge in [0.1, 0.15) is 11.9 Å². The molecule has 1 N–H and O–H groups in total. The molecule has 0 aliphatic carbocycles. The van der Waals surface area contributed by atoms with E-state index in [2.05, 4.69) is 10.3 Å². The van der Waals surface area contributed by atoms with E-state index in [0.29, 0.717) is 22.2 Å². The number of nitriles is 1. The Kier molecular flexibility index (Phi) is 5.39. The molecule has 0 radical (unpaired) electrons. The van der Waals surface area contributed by atoms with Crippen LogP contribution in [-0.2, 0) is 10.8 Å². The Morgan fingerprint density at radius 2 is 2.41 bits per heavy atom. The summed E-state index contributed by atoms with van der Waals surface area (Å²) in [7, 11) is -0.791. The first-order valence-corrected chi connectivity index (χ1v) is 7.25. The number of anilines is 1. The van der Waals surface area contributed by atoms with Crippen molar-refractivity contribution in [2.45, 2.75) is 19.4 Å². The molecule has 1 aromatic heterocycles. The maximum atomic E-state index is 11.0. The van der Waals surface area contributed by atoms with Crippen molar-refractivity contribution < 1.29 is 4.21 Å². The molecule has 0 amide bonds. The fourth-order valence-corrected chi connectivity index (χ4v) is 2.16. The number of pyridine rings is 1. The van der Waals surface area contributed by atoms with E-state index >= 15 is 0 Å². The number of rotatable bonds is 5. The molecule has 6 heteroatoms. The zero-order valence-corrected chi connectivity index (χ0v) is 11.3. The number of halogens is 1. The van der Waals surface area contributed by atoms with Gasteiger partial charge in [0.05, 0.1) is 10.6 Å². The Bertz CT molecular complexity index is 459. The standard InChI is InChI=1S/C11H14ClN3OS/c1-8(3-4-17(2)16)15-11-10(12)5-9(6-13)7-14-11/h5,7-8H,3-4H2,1-2H3,(H,14,15)/t8-,17-/m0/s1. The van der Waals surface area contributed by atoms with Gasteiger partial charge in [-0.05, 0) is 19.4 Å². The molecule has 0 fully saturated rings. The van der Waals surface area contributed by atoms with Gasteiger partial charge in [-0.15, -0.1) is 0 Å². The number of nitrogens with zero attached hydrogens (tertiary/aromatic N) is 2. The van der Waals surface area contributed by atoms with Crippen LogP contribution in [0.1, 0.15) is 18.9 Å². The molecule has 0 unspecified atom stereocenters. The minimum absolute atomic E-state index is 0.136. The lowest BCUT2D eigenvalue weighted by Crippen LogP contribution is -2.18. The fraction of sp³-hybridized carbons (Fsp3) is 0.455. The first kappa shape index (κ1) is 13.9. The van der Waals surface area contributed by atoms with Crippen LogP contribution in [0, 0.1) is 11.3 Å². The molecule has 17 heavy (non-hydrogen) atoms. The van der Waals surface area contributed by atoms with Crippen LogP contribution in [0.3, 0.4) is 0 Å². The van der Waals surface area contributed by atoms with Gasteiger partial charge in [-0.1, -0.05) is 11.6 Å². The van der Waals surface area contributed by atoms with Gasteiger partial charge in [0.25, 0.3) is 0 Å². The fourth-order valence-electron chi connectivity index (χ4n) is 1.25. The van der Waals surface area contributed by atoms with E-state index < -0.39 is 10.8 Å². The van der Waals surface area contributed by atoms with Crippen molar-refractivity contribution in [1.82, 2.24) is 4.98 Å². The lowest BCUT2D eigenvalue weighted by molar-refractivity contribution is 0.678. The monoisotopic (exact) mass is 271 g/mol. The predicted octanol–water partition coefficient (Wildman–Crippen LogP) is 2.18. The Labute approximate surface area is 108 Å². The van der Waals surface area contributed by atoms with E-state index in [1.54, 1.807) is 12.3 Å². The number of hydrogen-bond donors (Lipinski definition) is 1. The van der Waals surface area contributed by atoms with Gasteiger partial charge in [-0.2, -0.15) is 5.26 Å². The molecule has 0 aliphatic heterocycles. The summed E-state index contributed by atoms with van der Waals surface area (Å²) < 4.78 is 11.0. The zero-order chi connectivity index (χ0) is 12.8. The van der Waals surface area contributed by atoms with E-state index in [-0.39, 0.29) is 6.04 Å². The van der Waals surface area contributed by atoms with E-state index in [4.69, 9.17) is 16.9 Å². The van der Waals surface area contributed by atoms with Gasteiger partial charge in [-0.25, -0.2) is 4.98 Å². The van der Waals surface area contributed by atoms with Crippen molar-refractivity contribution in [2.75, 3.05) is 17.3 Å². The molecule has 0 saturated carbocycles. The smallest absolute Gasteiger partial charge is 0.145 e. The number of nitrogens with one attached hydrogen (secondary N) is 1. The summed E-state index contributed by atoms with van der Waals surface area (Å²) >= 11 is 5.98. The zero-order valence-electron chi connectivity index (χ0n) is 9.74. The van der Waals surface area contributed by atoms with Gasteiger partial charge in [-0.3, -0.25) is 4.21 Å². The van der Waals surface area contributed by atoms with Crippen LogP contribution in [0.25, 0.3) is 0 Å². The Balaban J connectivity index is 2.62. The lowest BCUT2D eigenvalue weighted by atomic mass is 10.2. The number of hydrogen-bond acceptors (Lipinski definition) is 4. The predicted molar refractivity (Wildman–Crippen MR) is 70.6 cm³/mol. The van der Waals surface area contributed by atoms with Crippen molar-refractivity contribution >= 4 is 28.2 Å². The van der Waals surface area contributed by atoms with Crippen molar-refractivity contribution in [3.05, 3.63) is 22.8 Å². The highest BCUT2D eigenvalue weighted by Crippen LogP contribution is 2.20. The summed E-state index contributed by atoms with van der Waals surface area (Å²) in [4.78, 5) is 4.07. The second kappa shape index (κ2) is 6.58. The van der Waals surface area contributed by atoms with E-state index in [1.165, 1.54) is 6.20 Å². The summed E-state index contributed by atoms with van der Waals surface area (Å²) in [6, 6.07) is 3.68. The van der Waals surface area contributed by atoms with Gasteiger partial charge >= 0.3 is 0 Å². The van der Waals surface area contributed by atoms with Crippen LogP contribution < -0.4 is 5.32 Å². The van der Waals surface area contributed by atoms with Crippen LogP contribution in [-0.4, -0.2) is 27.2 Å². The maximum absolute atomic E-state index is 11.0. The molecule has 0 aliphatic rings. The number of aromatic nitrogens is 1. The molecule has 0 spiro atoms. The van der Waals surface area contributed by atoms with Gasteiger partial charge in [0.2, 0.25) is 0 Å². The lowest BCUT2D eigenvalue weighted by Gasteiger charge is -2.14. The summed E-state index contributed by atoms with van der Waals surface area (Å²) in [6.45, 7) is 1.98. The van der Waals surface area contributed by atoms with E-state index in [9.17, 15) is 4.21 Å². The molecule has 4 nitrogen and oxygen atoms in total. The molecular formula is C11H14ClN3OS. The van der Waals surface area contributed by atoms with Gasteiger partial charge < -0.3 is 5.32 Å². The van der Waals surface area contributed by atoms with Crippen molar-refractivity contribution in [3.63, 3.8) is 0 Å². The average molecular weight is 272 g/mol. The first-order valence-electron chi connectivity index (χ1n) is 5.15. The van der Waals surface area contributed by atoms with Crippen LogP contribution in [0.15, 0.2) is 12.3 Å². The largest absolute Gasteiger partial charge is 0.366 e. The molecular weight excluding hydrogens is 258 g/mol. The average Bonchev–Trinajstić information content (AvgIpc) is 2.29. The van der Waals surface area contributed by atoms with Crippen molar-refractivity contribution in [2.24, 2.45) is 0 Å². The molecule has 0 bridgehead atoms. The maximum Gasteiger partial charge on any atom is 0.145 e. The summed E-state index contributed by atoms with van der Waals surface area (Å²) in [6.07, 6.45) is 3.93. The van der Waals surface area contributed by atoms with Crippen LogP contribution in [0.4, 0.5) is 5.82 Å². The highest BCUT2D eigenvalue weighted by atomic mass is 35.5. The summed E-state index contributed by atoms with van der Waals surface area (Å²) in [5.74, 6) is 1.20. The van der Waals surface area contributed by atoms with Crippen molar-refractivity contribution in [3.8, 4) is 6.07 Å². The first-order chi connectivity index (χ1) is 8.02. The highest BCUT2D eigenvalue weighted by Gasteiger charge is 2.08. The third-order valence-corrected chi connectivity index (χ3v) is 3.29. The summed E-state index contributed by atoms with van der Waals surface area (Å²) in [5.41, 5.74) is 0.433.